The molecule has 5 rings (SSSR count). The van der Waals surface area contributed by atoms with Gasteiger partial charge in [0.2, 0.25) is 5.52 Å². The lowest BCUT2D eigenvalue weighted by atomic mass is 9.99. The summed E-state index contributed by atoms with van der Waals surface area (Å²) in [6, 6.07) is 23.9. The fourth-order valence-electron chi connectivity index (χ4n) is 3.49. The third-order valence-corrected chi connectivity index (χ3v) is 5.05. The van der Waals surface area contributed by atoms with Gasteiger partial charge in [-0.3, -0.25) is 0 Å². The van der Waals surface area contributed by atoms with Crippen LogP contribution >= 0.6 is 15.9 Å². The van der Waals surface area contributed by atoms with E-state index in [1.807, 2.05) is 0 Å². The predicted octanol–water partition coefficient (Wildman–Crippen LogP) is 5.65. The molecule has 0 spiro atoms. The average molecular weight is 359 g/mol. The minimum Gasteiger partial charge on any atom is -0.166 e. The third-order valence-electron chi connectivity index (χ3n) is 4.56. The molecule has 108 valence electrons. The van der Waals surface area contributed by atoms with Crippen LogP contribution in [0.25, 0.3) is 37.8 Å². The summed E-state index contributed by atoms with van der Waals surface area (Å²) in [4.78, 5) is 0. The highest BCUT2D eigenvalue weighted by Crippen LogP contribution is 2.32. The van der Waals surface area contributed by atoms with Crippen molar-refractivity contribution in [1.82, 2.24) is 0 Å². The SMILES string of the molecule is Brc1ccc2ccc3cc[n+]4ccc5ccccc5c4c3c2c1. The number of benzene rings is 3. The molecule has 2 aromatic heterocycles. The summed E-state index contributed by atoms with van der Waals surface area (Å²) in [5.41, 5.74) is 1.27. The Morgan fingerprint density at radius 3 is 2.26 bits per heavy atom. The Kier molecular flexibility index (Phi) is 2.70. The van der Waals surface area contributed by atoms with Crippen molar-refractivity contribution >= 4 is 53.8 Å². The number of aromatic nitrogens is 1. The van der Waals surface area contributed by atoms with Crippen molar-refractivity contribution in [1.29, 1.82) is 0 Å². The van der Waals surface area contributed by atoms with Crippen LogP contribution in [-0.2, 0) is 0 Å². The van der Waals surface area contributed by atoms with E-state index in [9.17, 15) is 0 Å². The average Bonchev–Trinajstić information content (AvgIpc) is 2.60. The van der Waals surface area contributed by atoms with Gasteiger partial charge in [-0.15, -0.1) is 0 Å². The largest absolute Gasteiger partial charge is 0.226 e. The highest BCUT2D eigenvalue weighted by molar-refractivity contribution is 9.10. The molecule has 23 heavy (non-hydrogen) atoms. The fourth-order valence-corrected chi connectivity index (χ4v) is 3.85. The van der Waals surface area contributed by atoms with Gasteiger partial charge < -0.3 is 0 Å². The summed E-state index contributed by atoms with van der Waals surface area (Å²) >= 11 is 3.63. The van der Waals surface area contributed by atoms with Crippen molar-refractivity contribution < 1.29 is 4.40 Å². The summed E-state index contributed by atoms with van der Waals surface area (Å²) in [6.07, 6.45) is 4.29. The topological polar surface area (TPSA) is 4.10 Å². The lowest BCUT2D eigenvalue weighted by molar-refractivity contribution is -0.509. The molecular formula is C21H13BrN+. The first-order valence-corrected chi connectivity index (χ1v) is 8.44. The molecule has 0 aliphatic carbocycles. The van der Waals surface area contributed by atoms with Gasteiger partial charge in [-0.2, -0.15) is 4.40 Å². The van der Waals surface area contributed by atoms with Gasteiger partial charge in [0.1, 0.15) is 0 Å². The maximum Gasteiger partial charge on any atom is 0.226 e. The number of halogens is 1. The predicted molar refractivity (Wildman–Crippen MR) is 99.8 cm³/mol. The summed E-state index contributed by atoms with van der Waals surface area (Å²) in [6.45, 7) is 0. The summed E-state index contributed by atoms with van der Waals surface area (Å²) < 4.78 is 3.34. The van der Waals surface area contributed by atoms with E-state index in [1.54, 1.807) is 0 Å². The van der Waals surface area contributed by atoms with E-state index in [2.05, 4.69) is 99.5 Å². The van der Waals surface area contributed by atoms with E-state index in [4.69, 9.17) is 0 Å². The molecule has 0 fully saturated rings. The molecule has 1 nitrogen and oxygen atoms in total. The minimum absolute atomic E-state index is 1.11. The first-order chi connectivity index (χ1) is 11.3. The van der Waals surface area contributed by atoms with Crippen LogP contribution in [0.2, 0.25) is 0 Å². The quantitative estimate of drug-likeness (QED) is 0.249. The van der Waals surface area contributed by atoms with Crippen molar-refractivity contribution in [2.75, 3.05) is 0 Å². The molecule has 2 heterocycles. The Labute approximate surface area is 141 Å². The van der Waals surface area contributed by atoms with Crippen molar-refractivity contribution in [2.45, 2.75) is 0 Å². The molecule has 0 atom stereocenters. The molecule has 0 bridgehead atoms. The Bertz CT molecular complexity index is 1210. The zero-order valence-electron chi connectivity index (χ0n) is 12.3. The number of rotatable bonds is 0. The second-order valence-corrected chi connectivity index (χ2v) is 6.79. The number of pyridine rings is 2. The first kappa shape index (κ1) is 13.0. The van der Waals surface area contributed by atoms with E-state index in [1.165, 1.54) is 37.8 Å². The molecular weight excluding hydrogens is 346 g/mol. The lowest BCUT2D eigenvalue weighted by Gasteiger charge is -2.06. The molecule has 0 saturated heterocycles. The Balaban J connectivity index is 2.17. The Morgan fingerprint density at radius 2 is 1.35 bits per heavy atom. The maximum atomic E-state index is 3.63. The number of nitrogens with zero attached hydrogens (tertiary/aromatic N) is 1. The van der Waals surface area contributed by atoms with Crippen molar-refractivity contribution in [3.05, 3.63) is 83.6 Å². The third kappa shape index (κ3) is 1.88. The maximum absolute atomic E-state index is 3.63. The van der Waals surface area contributed by atoms with E-state index >= 15 is 0 Å². The smallest absolute Gasteiger partial charge is 0.166 e. The fraction of sp³-hybridized carbons (Fsp3) is 0. The van der Waals surface area contributed by atoms with Crippen LogP contribution in [-0.4, -0.2) is 0 Å². The van der Waals surface area contributed by atoms with Gasteiger partial charge in [-0.1, -0.05) is 52.3 Å². The molecule has 0 radical (unpaired) electrons. The molecule has 0 unspecified atom stereocenters. The van der Waals surface area contributed by atoms with Crippen LogP contribution in [0.5, 0.6) is 0 Å². The van der Waals surface area contributed by atoms with Crippen LogP contribution in [0.15, 0.2) is 83.6 Å². The monoisotopic (exact) mass is 358 g/mol. The second-order valence-electron chi connectivity index (χ2n) is 5.87. The van der Waals surface area contributed by atoms with E-state index in [-0.39, 0.29) is 0 Å². The van der Waals surface area contributed by atoms with Gasteiger partial charge in [-0.25, -0.2) is 0 Å². The zero-order valence-corrected chi connectivity index (χ0v) is 13.9. The number of hydrogen-bond acceptors (Lipinski definition) is 0. The standard InChI is InChI=1S/C21H13BrN/c22-17-8-7-15-5-6-16-10-12-23-11-9-14-3-1-2-4-18(14)21(23)20(16)19(15)13-17/h1-13H/q+1. The number of hydrogen-bond donors (Lipinski definition) is 0. The molecule has 0 aliphatic heterocycles. The van der Waals surface area contributed by atoms with E-state index in [0.29, 0.717) is 0 Å². The van der Waals surface area contributed by atoms with Crippen molar-refractivity contribution in [3.63, 3.8) is 0 Å². The summed E-state index contributed by atoms with van der Waals surface area (Å²) in [7, 11) is 0. The normalized spacial score (nSPS) is 11.7. The molecule has 0 N–H and O–H groups in total. The van der Waals surface area contributed by atoms with Crippen LogP contribution in [0.4, 0.5) is 0 Å². The van der Waals surface area contributed by atoms with Crippen LogP contribution < -0.4 is 4.40 Å². The summed E-state index contributed by atoms with van der Waals surface area (Å²) in [5, 5.41) is 7.68. The van der Waals surface area contributed by atoms with Gasteiger partial charge in [-0.05, 0) is 39.7 Å². The lowest BCUT2D eigenvalue weighted by Crippen LogP contribution is -2.20. The molecule has 3 aromatic carbocycles. The second kappa shape index (κ2) is 4.77. The van der Waals surface area contributed by atoms with Gasteiger partial charge >= 0.3 is 0 Å². The molecule has 5 aromatic rings. The van der Waals surface area contributed by atoms with Crippen LogP contribution in [0, 0.1) is 0 Å². The highest BCUT2D eigenvalue weighted by atomic mass is 79.9. The van der Waals surface area contributed by atoms with Gasteiger partial charge in [0, 0.05) is 16.6 Å². The minimum atomic E-state index is 1.11. The first-order valence-electron chi connectivity index (χ1n) is 7.65. The molecule has 0 saturated carbocycles. The van der Waals surface area contributed by atoms with Crippen molar-refractivity contribution in [3.8, 4) is 0 Å². The summed E-state index contributed by atoms with van der Waals surface area (Å²) in [5.74, 6) is 0. The molecule has 0 aliphatic rings. The molecule has 2 heteroatoms. The van der Waals surface area contributed by atoms with E-state index in [0.717, 1.165) is 4.47 Å². The number of fused-ring (bicyclic) bond motifs is 7. The Morgan fingerprint density at radius 1 is 0.652 bits per heavy atom. The zero-order chi connectivity index (χ0) is 15.4. The van der Waals surface area contributed by atoms with Crippen LogP contribution in [0.3, 0.4) is 0 Å². The van der Waals surface area contributed by atoms with Crippen LogP contribution in [0.1, 0.15) is 0 Å². The van der Waals surface area contributed by atoms with E-state index < -0.39 is 0 Å². The Hall–Kier alpha value is -2.45. The highest BCUT2D eigenvalue weighted by Gasteiger charge is 2.14. The van der Waals surface area contributed by atoms with Crippen molar-refractivity contribution in [2.24, 2.45) is 0 Å². The van der Waals surface area contributed by atoms with Gasteiger partial charge in [0.05, 0.1) is 10.8 Å². The van der Waals surface area contributed by atoms with Gasteiger partial charge in [0.15, 0.2) is 12.4 Å². The van der Waals surface area contributed by atoms with Gasteiger partial charge in [0.25, 0.3) is 0 Å². The molecule has 0 amide bonds.